The Hall–Kier alpha value is -2.30. The van der Waals surface area contributed by atoms with Crippen molar-refractivity contribution >= 4 is 17.7 Å². The van der Waals surface area contributed by atoms with Crippen LogP contribution in [0, 0.1) is 6.92 Å². The third-order valence-corrected chi connectivity index (χ3v) is 3.06. The summed E-state index contributed by atoms with van der Waals surface area (Å²) in [6.45, 7) is 1.76. The molecule has 0 bridgehead atoms. The summed E-state index contributed by atoms with van der Waals surface area (Å²) >= 11 is 0. The highest BCUT2D eigenvalue weighted by molar-refractivity contribution is 5.92. The molecule has 3 N–H and O–H groups in total. The first-order chi connectivity index (χ1) is 9.06. The maximum atomic E-state index is 11.8. The summed E-state index contributed by atoms with van der Waals surface area (Å²) in [5.74, 6) is -0.976. The smallest absolute Gasteiger partial charge is 0.335 e. The van der Waals surface area contributed by atoms with Gasteiger partial charge in [-0.3, -0.25) is 0 Å². The zero-order valence-corrected chi connectivity index (χ0v) is 10.6. The van der Waals surface area contributed by atoms with Crippen LogP contribution >= 0.6 is 0 Å². The second-order valence-electron chi connectivity index (χ2n) is 4.57. The number of hydrogen-bond donors (Lipinski definition) is 3. The Kier molecular flexibility index (Phi) is 3.85. The van der Waals surface area contributed by atoms with Crippen molar-refractivity contribution in [3.8, 4) is 0 Å². The van der Waals surface area contributed by atoms with Gasteiger partial charge in [0.1, 0.15) is 0 Å². The van der Waals surface area contributed by atoms with Crippen molar-refractivity contribution in [3.05, 3.63) is 41.5 Å². The first-order valence-electron chi connectivity index (χ1n) is 6.12. The number of benzene rings is 1. The Bertz CT molecular complexity index is 529. The molecule has 0 aliphatic heterocycles. The monoisotopic (exact) mass is 260 g/mol. The van der Waals surface area contributed by atoms with Crippen LogP contribution in [0.5, 0.6) is 0 Å². The van der Waals surface area contributed by atoms with Gasteiger partial charge in [0.2, 0.25) is 0 Å². The molecular weight excluding hydrogens is 244 g/mol. The number of hydrogen-bond acceptors (Lipinski definition) is 2. The molecule has 0 saturated heterocycles. The lowest BCUT2D eigenvalue weighted by atomic mass is 10.1. The number of rotatable bonds is 3. The summed E-state index contributed by atoms with van der Waals surface area (Å²) < 4.78 is 0. The van der Waals surface area contributed by atoms with E-state index in [-0.39, 0.29) is 17.6 Å². The number of carbonyl (C=O) groups is 2. The molecule has 100 valence electrons. The van der Waals surface area contributed by atoms with Gasteiger partial charge in [-0.05, 0) is 43.5 Å². The highest BCUT2D eigenvalue weighted by Gasteiger charge is 2.14. The van der Waals surface area contributed by atoms with E-state index in [4.69, 9.17) is 5.11 Å². The van der Waals surface area contributed by atoms with E-state index in [0.29, 0.717) is 5.69 Å². The molecule has 0 heterocycles. The first-order valence-corrected chi connectivity index (χ1v) is 6.12. The van der Waals surface area contributed by atoms with Crippen molar-refractivity contribution in [2.45, 2.75) is 25.8 Å². The van der Waals surface area contributed by atoms with E-state index in [2.05, 4.69) is 10.6 Å². The van der Waals surface area contributed by atoms with Crippen LogP contribution in [0.15, 0.2) is 30.4 Å². The number of aryl methyl sites for hydroxylation is 1. The normalized spacial score (nSPS) is 14.4. The maximum Gasteiger partial charge on any atom is 0.335 e. The minimum atomic E-state index is -0.976. The molecular formula is C14H16N2O3. The molecule has 5 nitrogen and oxygen atoms in total. The van der Waals surface area contributed by atoms with Gasteiger partial charge in [0.05, 0.1) is 5.56 Å². The minimum absolute atomic E-state index is 0.151. The highest BCUT2D eigenvalue weighted by Crippen LogP contribution is 2.17. The predicted octanol–water partition coefficient (Wildman–Crippen LogP) is 2.53. The lowest BCUT2D eigenvalue weighted by Gasteiger charge is -2.14. The molecule has 0 fully saturated rings. The first kappa shape index (κ1) is 13.1. The van der Waals surface area contributed by atoms with Crippen molar-refractivity contribution in [1.82, 2.24) is 5.32 Å². The second-order valence-corrected chi connectivity index (χ2v) is 4.57. The predicted molar refractivity (Wildman–Crippen MR) is 72.5 cm³/mol. The zero-order chi connectivity index (χ0) is 13.8. The van der Waals surface area contributed by atoms with Crippen molar-refractivity contribution in [3.63, 3.8) is 0 Å². The van der Waals surface area contributed by atoms with Gasteiger partial charge in [0, 0.05) is 11.7 Å². The average Bonchev–Trinajstić information content (AvgIpc) is 2.84. The standard InChI is InChI=1S/C14H16N2O3/c1-9-8-10(13(17)18)6-7-12(9)16-14(19)15-11-4-2-3-5-11/h2-3,6-8,11H,4-5H2,1H3,(H,17,18)(H2,15,16,19). The molecule has 2 rings (SSSR count). The van der Waals surface area contributed by atoms with Gasteiger partial charge in [-0.2, -0.15) is 0 Å². The third kappa shape index (κ3) is 3.34. The molecule has 0 aromatic heterocycles. The fourth-order valence-corrected chi connectivity index (χ4v) is 2.02. The molecule has 1 aliphatic rings. The molecule has 5 heteroatoms. The van der Waals surface area contributed by atoms with Gasteiger partial charge in [0.15, 0.2) is 0 Å². The summed E-state index contributed by atoms with van der Waals surface area (Å²) in [5.41, 5.74) is 1.55. The number of amides is 2. The van der Waals surface area contributed by atoms with Gasteiger partial charge < -0.3 is 15.7 Å². The molecule has 1 aromatic rings. The molecule has 1 aliphatic carbocycles. The fourth-order valence-electron chi connectivity index (χ4n) is 2.02. The Morgan fingerprint density at radius 3 is 2.53 bits per heavy atom. The van der Waals surface area contributed by atoms with Crippen LogP contribution in [-0.4, -0.2) is 23.1 Å². The Morgan fingerprint density at radius 2 is 1.95 bits per heavy atom. The number of anilines is 1. The van der Waals surface area contributed by atoms with Gasteiger partial charge in [-0.1, -0.05) is 12.2 Å². The van der Waals surface area contributed by atoms with E-state index in [1.807, 2.05) is 12.2 Å². The van der Waals surface area contributed by atoms with Gasteiger partial charge in [-0.15, -0.1) is 0 Å². The summed E-state index contributed by atoms with van der Waals surface area (Å²) in [4.78, 5) is 22.6. The Balaban J connectivity index is 1.98. The lowest BCUT2D eigenvalue weighted by Crippen LogP contribution is -2.36. The molecule has 2 amide bonds. The topological polar surface area (TPSA) is 78.4 Å². The van der Waals surface area contributed by atoms with Crippen molar-refractivity contribution in [1.29, 1.82) is 0 Å². The number of urea groups is 1. The number of aromatic carboxylic acids is 1. The third-order valence-electron chi connectivity index (χ3n) is 3.06. The number of carboxylic acids is 1. The Morgan fingerprint density at radius 1 is 1.26 bits per heavy atom. The zero-order valence-electron chi connectivity index (χ0n) is 10.6. The summed E-state index contributed by atoms with van der Waals surface area (Å²) in [5, 5.41) is 14.5. The van der Waals surface area contributed by atoms with E-state index in [1.165, 1.54) is 12.1 Å². The van der Waals surface area contributed by atoms with Crippen LogP contribution in [-0.2, 0) is 0 Å². The van der Waals surface area contributed by atoms with Crippen molar-refractivity contribution in [2.75, 3.05) is 5.32 Å². The van der Waals surface area contributed by atoms with Crippen LogP contribution in [0.25, 0.3) is 0 Å². The van der Waals surface area contributed by atoms with Crippen molar-refractivity contribution < 1.29 is 14.7 Å². The average molecular weight is 260 g/mol. The lowest BCUT2D eigenvalue weighted by molar-refractivity contribution is 0.0697. The van der Waals surface area contributed by atoms with Crippen LogP contribution < -0.4 is 10.6 Å². The van der Waals surface area contributed by atoms with Crippen LogP contribution in [0.2, 0.25) is 0 Å². The van der Waals surface area contributed by atoms with Crippen LogP contribution in [0.4, 0.5) is 10.5 Å². The van der Waals surface area contributed by atoms with Gasteiger partial charge in [-0.25, -0.2) is 9.59 Å². The van der Waals surface area contributed by atoms with Gasteiger partial charge in [0.25, 0.3) is 0 Å². The number of carboxylic acid groups (broad SMARTS) is 1. The summed E-state index contributed by atoms with van der Waals surface area (Å²) in [6.07, 6.45) is 5.78. The van der Waals surface area contributed by atoms with Crippen LogP contribution in [0.1, 0.15) is 28.8 Å². The molecule has 1 aromatic carbocycles. The minimum Gasteiger partial charge on any atom is -0.478 e. The number of nitrogens with one attached hydrogen (secondary N) is 2. The van der Waals surface area contributed by atoms with E-state index in [9.17, 15) is 9.59 Å². The largest absolute Gasteiger partial charge is 0.478 e. The quantitative estimate of drug-likeness (QED) is 0.731. The highest BCUT2D eigenvalue weighted by atomic mass is 16.4. The summed E-state index contributed by atoms with van der Waals surface area (Å²) in [7, 11) is 0. The molecule has 0 atom stereocenters. The SMILES string of the molecule is Cc1cc(C(=O)O)ccc1NC(=O)NC1CC=CC1. The molecule has 0 radical (unpaired) electrons. The van der Waals surface area contributed by atoms with E-state index >= 15 is 0 Å². The molecule has 19 heavy (non-hydrogen) atoms. The van der Waals surface area contributed by atoms with E-state index < -0.39 is 5.97 Å². The van der Waals surface area contributed by atoms with E-state index in [0.717, 1.165) is 18.4 Å². The fraction of sp³-hybridized carbons (Fsp3) is 0.286. The molecule has 0 unspecified atom stereocenters. The molecule has 0 spiro atoms. The maximum absolute atomic E-state index is 11.8. The van der Waals surface area contributed by atoms with E-state index in [1.54, 1.807) is 13.0 Å². The van der Waals surface area contributed by atoms with Crippen LogP contribution in [0.3, 0.4) is 0 Å². The number of carbonyl (C=O) groups excluding carboxylic acids is 1. The summed E-state index contributed by atoms with van der Waals surface area (Å²) in [6, 6.07) is 4.50. The van der Waals surface area contributed by atoms with Crippen molar-refractivity contribution in [2.24, 2.45) is 0 Å². The van der Waals surface area contributed by atoms with Gasteiger partial charge >= 0.3 is 12.0 Å². The Labute approximate surface area is 111 Å². The second kappa shape index (κ2) is 5.56. The molecule has 0 saturated carbocycles.